The predicted octanol–water partition coefficient (Wildman–Crippen LogP) is 2.94. The Labute approximate surface area is 141 Å². The second-order valence-electron chi connectivity index (χ2n) is 5.52. The molecule has 0 amide bonds. The van der Waals surface area contributed by atoms with Crippen molar-refractivity contribution in [2.45, 2.75) is 27.7 Å². The Morgan fingerprint density at radius 2 is 1.92 bits per heavy atom. The molecule has 0 saturated carbocycles. The predicted molar refractivity (Wildman–Crippen MR) is 92.7 cm³/mol. The molecule has 0 radical (unpaired) electrons. The van der Waals surface area contributed by atoms with Crippen molar-refractivity contribution in [1.29, 1.82) is 5.41 Å². The van der Waals surface area contributed by atoms with Crippen LogP contribution in [0.2, 0.25) is 0 Å². The number of rotatable bonds is 6. The molecule has 0 atom stereocenters. The van der Waals surface area contributed by atoms with E-state index in [0.29, 0.717) is 5.82 Å². The zero-order valence-corrected chi connectivity index (χ0v) is 14.6. The van der Waals surface area contributed by atoms with Gasteiger partial charge in [0, 0.05) is 13.1 Å². The molecule has 24 heavy (non-hydrogen) atoms. The summed E-state index contributed by atoms with van der Waals surface area (Å²) < 4.78 is 5.31. The van der Waals surface area contributed by atoms with Gasteiger partial charge in [-0.2, -0.15) is 10.2 Å². The maximum absolute atomic E-state index is 11.4. The topological polar surface area (TPSA) is 91.3 Å². The van der Waals surface area contributed by atoms with Crippen LogP contribution in [0.15, 0.2) is 12.1 Å². The fraction of sp³-hybridized carbons (Fsp3) is 0.353. The summed E-state index contributed by atoms with van der Waals surface area (Å²) >= 11 is 0. The van der Waals surface area contributed by atoms with Gasteiger partial charge in [-0.05, 0) is 49.6 Å². The van der Waals surface area contributed by atoms with Crippen molar-refractivity contribution < 1.29 is 14.4 Å². The molecule has 2 N–H and O–H groups in total. The van der Waals surface area contributed by atoms with Crippen LogP contribution in [0.1, 0.15) is 23.7 Å². The molecule has 0 spiro atoms. The van der Waals surface area contributed by atoms with Crippen LogP contribution in [0.25, 0.3) is 11.1 Å². The Hall–Kier alpha value is -2.83. The zero-order chi connectivity index (χ0) is 17.9. The summed E-state index contributed by atoms with van der Waals surface area (Å²) in [6.45, 7) is 7.32. The van der Waals surface area contributed by atoms with E-state index in [2.05, 4.69) is 10.2 Å². The molecule has 0 aliphatic rings. The number of aromatic nitrogens is 2. The molecule has 1 aromatic carbocycles. The van der Waals surface area contributed by atoms with Crippen LogP contribution in [0.4, 0.5) is 5.82 Å². The number of carbonyl (C=O) groups excluding carboxylic acids is 1. The minimum absolute atomic E-state index is 0.127. The number of ether oxygens (including phenoxy) is 1. The van der Waals surface area contributed by atoms with Crippen molar-refractivity contribution in [3.05, 3.63) is 29.0 Å². The zero-order valence-electron chi connectivity index (χ0n) is 14.6. The van der Waals surface area contributed by atoms with Gasteiger partial charge in [0.1, 0.15) is 5.75 Å². The Bertz CT molecular complexity index is 744. The molecule has 0 saturated heterocycles. The first kappa shape index (κ1) is 17.5. The quantitative estimate of drug-likeness (QED) is 0.627. The van der Waals surface area contributed by atoms with E-state index in [4.69, 9.17) is 15.0 Å². The monoisotopic (exact) mass is 330 g/mol. The van der Waals surface area contributed by atoms with Crippen molar-refractivity contribution in [3.8, 4) is 16.9 Å². The molecule has 1 aromatic heterocycles. The van der Waals surface area contributed by atoms with Crippen LogP contribution >= 0.6 is 0 Å². The number of hydroxylamine groups is 1. The average molecular weight is 330 g/mol. The van der Waals surface area contributed by atoms with Crippen molar-refractivity contribution in [2.75, 3.05) is 18.7 Å². The third kappa shape index (κ3) is 3.40. The van der Waals surface area contributed by atoms with Crippen LogP contribution < -0.4 is 9.80 Å². The van der Waals surface area contributed by atoms with Crippen LogP contribution in [0.3, 0.4) is 0 Å². The molecule has 0 fully saturated rings. The number of benzene rings is 1. The molecular formula is C17H22N4O3. The number of carbonyl (C=O) groups is 1. The smallest absolute Gasteiger partial charge is 0.329 e. The number of aromatic amines is 1. The molecule has 0 aliphatic carbocycles. The lowest BCUT2D eigenvalue weighted by Gasteiger charge is -2.21. The first-order valence-corrected chi connectivity index (χ1v) is 7.54. The van der Waals surface area contributed by atoms with Crippen LogP contribution in [-0.4, -0.2) is 36.0 Å². The lowest BCUT2D eigenvalue weighted by Crippen LogP contribution is -2.28. The van der Waals surface area contributed by atoms with E-state index < -0.39 is 5.97 Å². The van der Waals surface area contributed by atoms with Crippen LogP contribution in [-0.2, 0) is 9.63 Å². The third-order valence-electron chi connectivity index (χ3n) is 3.67. The fourth-order valence-electron chi connectivity index (χ4n) is 2.75. The number of nitrogens with zero attached hydrogens (tertiary/aromatic N) is 2. The number of hydrogen-bond acceptors (Lipinski definition) is 6. The van der Waals surface area contributed by atoms with Gasteiger partial charge in [0.15, 0.2) is 5.82 Å². The number of methoxy groups -OCH3 is 1. The minimum atomic E-state index is -0.460. The van der Waals surface area contributed by atoms with Gasteiger partial charge in [-0.25, -0.2) is 0 Å². The standard InChI is InChI=1S/C17H22N4O3/c1-10-8-14(23-5)9-11(2)15(10)16-12(3)19-20-17(16)21(7-6-18)24-13(4)22/h6,8-9,18H,7H2,1-5H3,(H,19,20). The van der Waals surface area contributed by atoms with E-state index in [1.807, 2.05) is 32.9 Å². The molecule has 2 rings (SSSR count). The summed E-state index contributed by atoms with van der Waals surface area (Å²) in [4.78, 5) is 16.6. The van der Waals surface area contributed by atoms with Crippen molar-refractivity contribution in [3.63, 3.8) is 0 Å². The molecule has 0 bridgehead atoms. The highest BCUT2D eigenvalue weighted by atomic mass is 16.7. The maximum atomic E-state index is 11.4. The molecule has 7 nitrogen and oxygen atoms in total. The first-order valence-electron chi connectivity index (χ1n) is 7.54. The average Bonchev–Trinajstić information content (AvgIpc) is 2.87. The van der Waals surface area contributed by atoms with Gasteiger partial charge in [-0.15, -0.1) is 0 Å². The summed E-state index contributed by atoms with van der Waals surface area (Å²) in [5.41, 5.74) is 4.67. The second kappa shape index (κ2) is 7.16. The second-order valence-corrected chi connectivity index (χ2v) is 5.52. The minimum Gasteiger partial charge on any atom is -0.497 e. The molecule has 7 heteroatoms. The lowest BCUT2D eigenvalue weighted by atomic mass is 9.95. The molecule has 2 aromatic rings. The van der Waals surface area contributed by atoms with Crippen molar-refractivity contribution >= 4 is 18.0 Å². The van der Waals surface area contributed by atoms with E-state index >= 15 is 0 Å². The van der Waals surface area contributed by atoms with Gasteiger partial charge in [0.25, 0.3) is 0 Å². The van der Waals surface area contributed by atoms with E-state index in [1.54, 1.807) is 7.11 Å². The highest BCUT2D eigenvalue weighted by Gasteiger charge is 2.23. The molecule has 0 aliphatic heterocycles. The Morgan fingerprint density at radius 1 is 1.29 bits per heavy atom. The van der Waals surface area contributed by atoms with E-state index in [9.17, 15) is 4.79 Å². The normalized spacial score (nSPS) is 10.4. The van der Waals surface area contributed by atoms with Gasteiger partial charge in [0.05, 0.1) is 24.9 Å². The van der Waals surface area contributed by atoms with Crippen molar-refractivity contribution in [2.24, 2.45) is 0 Å². The first-order chi connectivity index (χ1) is 11.4. The Balaban J connectivity index is 2.62. The third-order valence-corrected chi connectivity index (χ3v) is 3.67. The fourth-order valence-corrected chi connectivity index (χ4v) is 2.75. The number of nitrogens with one attached hydrogen (secondary N) is 2. The van der Waals surface area contributed by atoms with Crippen LogP contribution in [0, 0.1) is 26.2 Å². The highest BCUT2D eigenvalue weighted by molar-refractivity contribution is 5.84. The van der Waals surface area contributed by atoms with Crippen molar-refractivity contribution in [1.82, 2.24) is 10.2 Å². The summed E-state index contributed by atoms with van der Waals surface area (Å²) in [6.07, 6.45) is 1.16. The number of H-pyrrole nitrogens is 1. The summed E-state index contributed by atoms with van der Waals surface area (Å²) in [5, 5.41) is 15.9. The van der Waals surface area contributed by atoms with E-state index in [1.165, 1.54) is 12.0 Å². The molecule has 0 unspecified atom stereocenters. The Kier molecular flexibility index (Phi) is 5.23. The van der Waals surface area contributed by atoms with Gasteiger partial charge < -0.3 is 15.0 Å². The van der Waals surface area contributed by atoms with Gasteiger partial charge in [0.2, 0.25) is 0 Å². The molecule has 1 heterocycles. The highest BCUT2D eigenvalue weighted by Crippen LogP contribution is 2.38. The van der Waals surface area contributed by atoms with Gasteiger partial charge >= 0.3 is 5.97 Å². The number of hydrogen-bond donors (Lipinski definition) is 2. The van der Waals surface area contributed by atoms with Gasteiger partial charge in [-0.1, -0.05) is 0 Å². The van der Waals surface area contributed by atoms with Gasteiger partial charge in [-0.3, -0.25) is 9.89 Å². The molecule has 128 valence electrons. The van der Waals surface area contributed by atoms with E-state index in [-0.39, 0.29) is 6.54 Å². The Morgan fingerprint density at radius 3 is 2.42 bits per heavy atom. The maximum Gasteiger partial charge on any atom is 0.329 e. The lowest BCUT2D eigenvalue weighted by molar-refractivity contribution is -0.142. The van der Waals surface area contributed by atoms with E-state index in [0.717, 1.165) is 39.9 Å². The SMILES string of the molecule is COc1cc(C)c(-c2c(C)n[nH]c2N(CC=N)OC(C)=O)c(C)c1. The number of aryl methyl sites for hydroxylation is 3. The largest absolute Gasteiger partial charge is 0.497 e. The molecular weight excluding hydrogens is 308 g/mol. The summed E-state index contributed by atoms with van der Waals surface area (Å²) in [5.74, 6) is 0.869. The summed E-state index contributed by atoms with van der Waals surface area (Å²) in [6, 6.07) is 3.90. The van der Waals surface area contributed by atoms with Crippen LogP contribution in [0.5, 0.6) is 5.75 Å². The summed E-state index contributed by atoms with van der Waals surface area (Å²) in [7, 11) is 1.63. The number of anilines is 1.